The Morgan fingerprint density at radius 1 is 1.55 bits per heavy atom. The summed E-state index contributed by atoms with van der Waals surface area (Å²) in [5, 5.41) is 7.15. The zero-order valence-corrected chi connectivity index (χ0v) is 12.7. The van der Waals surface area contributed by atoms with Gasteiger partial charge in [0.05, 0.1) is 37.2 Å². The van der Waals surface area contributed by atoms with Crippen LogP contribution in [0, 0.1) is 6.92 Å². The molecule has 7 nitrogen and oxygen atoms in total. The van der Waals surface area contributed by atoms with E-state index in [1.54, 1.807) is 23.3 Å². The lowest BCUT2D eigenvalue weighted by Gasteiger charge is -2.19. The van der Waals surface area contributed by atoms with Crippen LogP contribution in [0.1, 0.15) is 22.8 Å². The lowest BCUT2D eigenvalue weighted by atomic mass is 10.1. The molecule has 1 fully saturated rings. The van der Waals surface area contributed by atoms with Crippen LogP contribution in [0.15, 0.2) is 24.8 Å². The van der Waals surface area contributed by atoms with Crippen molar-refractivity contribution < 1.29 is 14.3 Å². The normalized spacial score (nSPS) is 21.0. The highest BCUT2D eigenvalue weighted by molar-refractivity contribution is 5.95. The maximum absolute atomic E-state index is 12.3. The summed E-state index contributed by atoms with van der Waals surface area (Å²) >= 11 is 0. The molecule has 2 atom stereocenters. The van der Waals surface area contributed by atoms with Crippen molar-refractivity contribution in [3.63, 3.8) is 0 Å². The molecule has 118 valence electrons. The van der Waals surface area contributed by atoms with Gasteiger partial charge in [-0.05, 0) is 19.4 Å². The van der Waals surface area contributed by atoms with Crippen molar-refractivity contribution in [2.24, 2.45) is 0 Å². The Bertz CT molecular complexity index is 649. The number of H-pyrrole nitrogens is 1. The molecule has 0 saturated carbocycles. The summed E-state index contributed by atoms with van der Waals surface area (Å²) in [5.74, 6) is 0.571. The number of carbonyl (C=O) groups excluding carboxylic acids is 1. The van der Waals surface area contributed by atoms with Crippen LogP contribution in [-0.4, -0.2) is 46.0 Å². The molecule has 3 rings (SSSR count). The average molecular weight is 304 g/mol. The summed E-state index contributed by atoms with van der Waals surface area (Å²) in [6.07, 6.45) is 6.80. The van der Waals surface area contributed by atoms with Crippen molar-refractivity contribution in [2.45, 2.75) is 32.5 Å². The largest absolute Gasteiger partial charge is 0.482 e. The minimum absolute atomic E-state index is 0.118. The molecule has 7 heteroatoms. The Balaban J connectivity index is 1.63. The second-order valence-electron chi connectivity index (χ2n) is 5.36. The first-order valence-corrected chi connectivity index (χ1v) is 7.38. The molecule has 0 spiro atoms. The van der Waals surface area contributed by atoms with E-state index in [9.17, 15) is 4.79 Å². The zero-order chi connectivity index (χ0) is 15.5. The Morgan fingerprint density at radius 3 is 3.09 bits per heavy atom. The van der Waals surface area contributed by atoms with E-state index in [-0.39, 0.29) is 18.1 Å². The highest BCUT2D eigenvalue weighted by Crippen LogP contribution is 2.17. The van der Waals surface area contributed by atoms with Crippen molar-refractivity contribution in [1.29, 1.82) is 0 Å². The quantitative estimate of drug-likeness (QED) is 0.867. The standard InChI is InChI=1S/C15H20N4O3/c1-3-19-7-11(5-17-19)22-14-9-21-8-13(14)18-15(20)12-6-16-4-10(12)2/h4-7,13-14,16H,3,8-9H2,1-2H3,(H,18,20)/t13-,14+/m0/s1. The monoisotopic (exact) mass is 304 g/mol. The fourth-order valence-electron chi connectivity index (χ4n) is 2.47. The lowest BCUT2D eigenvalue weighted by molar-refractivity contribution is 0.0903. The Hall–Kier alpha value is -2.28. The molecule has 0 aliphatic carbocycles. The molecule has 1 aliphatic heterocycles. The van der Waals surface area contributed by atoms with Crippen LogP contribution in [0.2, 0.25) is 0 Å². The second kappa shape index (κ2) is 6.23. The number of hydrogen-bond donors (Lipinski definition) is 2. The van der Waals surface area contributed by atoms with Crippen LogP contribution in [-0.2, 0) is 11.3 Å². The van der Waals surface area contributed by atoms with Gasteiger partial charge in [0, 0.05) is 18.9 Å². The third kappa shape index (κ3) is 2.99. The van der Waals surface area contributed by atoms with Gasteiger partial charge in [-0.15, -0.1) is 0 Å². The summed E-state index contributed by atoms with van der Waals surface area (Å²) in [7, 11) is 0. The van der Waals surface area contributed by atoms with Crippen molar-refractivity contribution in [1.82, 2.24) is 20.1 Å². The number of nitrogens with zero attached hydrogens (tertiary/aromatic N) is 2. The van der Waals surface area contributed by atoms with Gasteiger partial charge in [-0.25, -0.2) is 0 Å². The first-order chi connectivity index (χ1) is 10.7. The third-order valence-corrected chi connectivity index (χ3v) is 3.76. The topological polar surface area (TPSA) is 81.2 Å². The Labute approximate surface area is 128 Å². The van der Waals surface area contributed by atoms with Crippen LogP contribution < -0.4 is 10.1 Å². The molecule has 22 heavy (non-hydrogen) atoms. The highest BCUT2D eigenvalue weighted by Gasteiger charge is 2.32. The van der Waals surface area contributed by atoms with Crippen LogP contribution in [0.5, 0.6) is 5.75 Å². The molecule has 1 aliphatic rings. The first kappa shape index (κ1) is 14.6. The SMILES string of the molecule is CCn1cc(O[C@@H]2COC[C@@H]2NC(=O)c2c[nH]cc2C)cn1. The van der Waals surface area contributed by atoms with Crippen LogP contribution in [0.3, 0.4) is 0 Å². The molecule has 1 amide bonds. The average Bonchev–Trinajstić information content (AvgIpc) is 3.22. The molecule has 2 aromatic rings. The van der Waals surface area contributed by atoms with E-state index in [1.165, 1.54) is 0 Å². The van der Waals surface area contributed by atoms with E-state index in [4.69, 9.17) is 9.47 Å². The number of aryl methyl sites for hydroxylation is 2. The fourth-order valence-corrected chi connectivity index (χ4v) is 2.47. The van der Waals surface area contributed by atoms with E-state index < -0.39 is 0 Å². The number of amides is 1. The van der Waals surface area contributed by atoms with Crippen molar-refractivity contribution in [2.75, 3.05) is 13.2 Å². The predicted octanol–water partition coefficient (Wildman–Crippen LogP) is 1.12. The van der Waals surface area contributed by atoms with E-state index >= 15 is 0 Å². The number of aromatic amines is 1. The first-order valence-electron chi connectivity index (χ1n) is 7.38. The molecule has 1 saturated heterocycles. The summed E-state index contributed by atoms with van der Waals surface area (Å²) in [4.78, 5) is 15.2. The van der Waals surface area contributed by atoms with Gasteiger partial charge in [0.1, 0.15) is 6.10 Å². The fraction of sp³-hybridized carbons (Fsp3) is 0.467. The molecule has 2 N–H and O–H groups in total. The maximum atomic E-state index is 12.3. The zero-order valence-electron chi connectivity index (χ0n) is 12.7. The number of nitrogens with one attached hydrogen (secondary N) is 2. The minimum atomic E-state index is -0.210. The molecule has 0 unspecified atom stereocenters. The van der Waals surface area contributed by atoms with Crippen LogP contribution in [0.25, 0.3) is 0 Å². The number of rotatable bonds is 5. The molecule has 2 aromatic heterocycles. The number of aromatic nitrogens is 3. The van der Waals surface area contributed by atoms with Gasteiger partial charge in [0.2, 0.25) is 0 Å². The van der Waals surface area contributed by atoms with Gasteiger partial charge in [0.25, 0.3) is 5.91 Å². The van der Waals surface area contributed by atoms with Crippen LogP contribution in [0.4, 0.5) is 0 Å². The lowest BCUT2D eigenvalue weighted by Crippen LogP contribution is -2.45. The third-order valence-electron chi connectivity index (χ3n) is 3.76. The van der Waals surface area contributed by atoms with Crippen LogP contribution >= 0.6 is 0 Å². The van der Waals surface area contributed by atoms with Gasteiger partial charge in [-0.1, -0.05) is 0 Å². The highest BCUT2D eigenvalue weighted by atomic mass is 16.5. The van der Waals surface area contributed by atoms with Gasteiger partial charge in [0.15, 0.2) is 5.75 Å². The molecule has 3 heterocycles. The van der Waals surface area contributed by atoms with Gasteiger partial charge >= 0.3 is 0 Å². The maximum Gasteiger partial charge on any atom is 0.253 e. The minimum Gasteiger partial charge on any atom is -0.482 e. The predicted molar refractivity (Wildman–Crippen MR) is 79.9 cm³/mol. The summed E-state index contributed by atoms with van der Waals surface area (Å²) in [6.45, 7) is 5.59. The summed E-state index contributed by atoms with van der Waals surface area (Å²) in [6, 6.07) is -0.174. The van der Waals surface area contributed by atoms with E-state index in [0.717, 1.165) is 12.1 Å². The van der Waals surface area contributed by atoms with E-state index in [1.807, 2.05) is 20.0 Å². The van der Waals surface area contributed by atoms with Gasteiger partial charge in [-0.2, -0.15) is 5.10 Å². The second-order valence-corrected chi connectivity index (χ2v) is 5.36. The Morgan fingerprint density at radius 2 is 2.41 bits per heavy atom. The number of hydrogen-bond acceptors (Lipinski definition) is 4. The van der Waals surface area contributed by atoms with Crippen molar-refractivity contribution >= 4 is 5.91 Å². The number of ether oxygens (including phenoxy) is 2. The van der Waals surface area contributed by atoms with E-state index in [2.05, 4.69) is 15.4 Å². The molecule has 0 radical (unpaired) electrons. The molecular weight excluding hydrogens is 284 g/mol. The summed E-state index contributed by atoms with van der Waals surface area (Å²) in [5.41, 5.74) is 1.56. The molecular formula is C15H20N4O3. The summed E-state index contributed by atoms with van der Waals surface area (Å²) < 4.78 is 13.1. The van der Waals surface area contributed by atoms with E-state index in [0.29, 0.717) is 24.5 Å². The number of carbonyl (C=O) groups is 1. The molecule has 0 bridgehead atoms. The smallest absolute Gasteiger partial charge is 0.253 e. The van der Waals surface area contributed by atoms with Crippen molar-refractivity contribution in [3.05, 3.63) is 35.9 Å². The van der Waals surface area contributed by atoms with Crippen molar-refractivity contribution in [3.8, 4) is 5.75 Å². The van der Waals surface area contributed by atoms with Gasteiger partial charge < -0.3 is 19.8 Å². The van der Waals surface area contributed by atoms with Gasteiger partial charge in [-0.3, -0.25) is 9.48 Å². The Kier molecular flexibility index (Phi) is 4.15. The molecule has 0 aromatic carbocycles.